The van der Waals surface area contributed by atoms with Gasteiger partial charge in [-0.1, -0.05) is 18.2 Å². The summed E-state index contributed by atoms with van der Waals surface area (Å²) in [5, 5.41) is 0. The van der Waals surface area contributed by atoms with E-state index in [0.29, 0.717) is 6.61 Å². The number of rotatable bonds is 5. The van der Waals surface area contributed by atoms with E-state index in [1.165, 1.54) is 0 Å². The van der Waals surface area contributed by atoms with E-state index in [-0.39, 0.29) is 18.6 Å². The number of carbonyl (C=O) groups is 2. The topological polar surface area (TPSA) is 43.4 Å². The fourth-order valence-electron chi connectivity index (χ4n) is 1.29. The highest BCUT2D eigenvalue weighted by atomic mass is 127. The van der Waals surface area contributed by atoms with Crippen molar-refractivity contribution in [2.75, 3.05) is 6.61 Å². The van der Waals surface area contributed by atoms with E-state index in [4.69, 9.17) is 4.74 Å². The Bertz CT molecular complexity index is 388. The van der Waals surface area contributed by atoms with E-state index < -0.39 is 5.97 Å². The van der Waals surface area contributed by atoms with Gasteiger partial charge in [-0.25, -0.2) is 0 Å². The van der Waals surface area contributed by atoms with Gasteiger partial charge >= 0.3 is 5.97 Å². The molecule has 86 valence electrons. The Labute approximate surface area is 108 Å². The van der Waals surface area contributed by atoms with Crippen molar-refractivity contribution >= 4 is 34.3 Å². The maximum atomic E-state index is 11.5. The Morgan fingerprint density at radius 3 is 2.62 bits per heavy atom. The first-order chi connectivity index (χ1) is 7.63. The zero-order chi connectivity index (χ0) is 12.0. The lowest BCUT2D eigenvalue weighted by Crippen LogP contribution is -2.13. The summed E-state index contributed by atoms with van der Waals surface area (Å²) in [6, 6.07) is 7.63. The molecule has 0 bridgehead atoms. The molecule has 1 rings (SSSR count). The summed E-state index contributed by atoms with van der Waals surface area (Å²) in [5.74, 6) is -0.555. The molecule has 0 heterocycles. The van der Waals surface area contributed by atoms with Gasteiger partial charge in [-0.15, -0.1) is 0 Å². The number of ether oxygens (including phenoxy) is 1. The second-order valence-corrected chi connectivity index (χ2v) is 4.45. The van der Waals surface area contributed by atoms with Gasteiger partial charge in [-0.2, -0.15) is 0 Å². The van der Waals surface area contributed by atoms with Crippen molar-refractivity contribution in [1.82, 2.24) is 0 Å². The van der Waals surface area contributed by atoms with Gasteiger partial charge in [0.2, 0.25) is 0 Å². The number of hydrogen-bond donors (Lipinski definition) is 0. The van der Waals surface area contributed by atoms with Crippen LogP contribution in [0.2, 0.25) is 0 Å². The quantitative estimate of drug-likeness (QED) is 0.472. The average Bonchev–Trinajstić information content (AvgIpc) is 2.21. The monoisotopic (exact) mass is 332 g/mol. The summed E-state index contributed by atoms with van der Waals surface area (Å²) in [6.07, 6.45) is 0.150. The number of Topliss-reactive ketones (excluding diaryl/α,β-unsaturated/α-hetero) is 1. The van der Waals surface area contributed by atoms with Crippen molar-refractivity contribution in [2.45, 2.75) is 19.8 Å². The lowest BCUT2D eigenvalue weighted by Gasteiger charge is -2.03. The van der Waals surface area contributed by atoms with Crippen LogP contribution in [0.25, 0.3) is 0 Å². The molecule has 0 aromatic heterocycles. The summed E-state index contributed by atoms with van der Waals surface area (Å²) in [5.41, 5.74) is 0.956. The molecule has 0 aliphatic carbocycles. The summed E-state index contributed by atoms with van der Waals surface area (Å²) in [7, 11) is 0. The van der Waals surface area contributed by atoms with Crippen LogP contribution in [0.1, 0.15) is 18.9 Å². The fraction of sp³-hybridized carbons (Fsp3) is 0.333. The molecule has 0 aliphatic rings. The Morgan fingerprint density at radius 2 is 2.00 bits per heavy atom. The van der Waals surface area contributed by atoms with Gasteiger partial charge in [0.25, 0.3) is 0 Å². The maximum Gasteiger partial charge on any atom is 0.313 e. The van der Waals surface area contributed by atoms with E-state index in [0.717, 1.165) is 9.13 Å². The molecule has 0 fully saturated rings. The highest BCUT2D eigenvalue weighted by Crippen LogP contribution is 2.12. The normalized spacial score (nSPS) is 9.88. The summed E-state index contributed by atoms with van der Waals surface area (Å²) in [6.45, 7) is 2.04. The Hall–Kier alpha value is -0.910. The van der Waals surface area contributed by atoms with Gasteiger partial charge in [-0.05, 0) is 41.1 Å². The van der Waals surface area contributed by atoms with Crippen LogP contribution in [0.4, 0.5) is 0 Å². The smallest absolute Gasteiger partial charge is 0.313 e. The largest absolute Gasteiger partial charge is 0.466 e. The van der Waals surface area contributed by atoms with Crippen LogP contribution in [0.3, 0.4) is 0 Å². The summed E-state index contributed by atoms with van der Waals surface area (Å²) in [4.78, 5) is 22.6. The Balaban J connectivity index is 2.52. The highest BCUT2D eigenvalue weighted by molar-refractivity contribution is 14.1. The molecule has 0 spiro atoms. The van der Waals surface area contributed by atoms with E-state index >= 15 is 0 Å². The SMILES string of the molecule is CCOC(=O)CC(=O)Cc1ccccc1I. The summed E-state index contributed by atoms with van der Waals surface area (Å²) < 4.78 is 5.76. The molecule has 0 unspecified atom stereocenters. The van der Waals surface area contributed by atoms with Gasteiger partial charge < -0.3 is 4.74 Å². The van der Waals surface area contributed by atoms with Gasteiger partial charge in [0, 0.05) is 9.99 Å². The number of ketones is 1. The molecule has 0 radical (unpaired) electrons. The Kier molecular flexibility index (Phi) is 5.45. The standard InChI is InChI=1S/C12H13IO3/c1-2-16-12(15)8-10(14)7-9-5-3-4-6-11(9)13/h3-6H,2,7-8H2,1H3. The van der Waals surface area contributed by atoms with Crippen LogP contribution in [0.5, 0.6) is 0 Å². The zero-order valence-electron chi connectivity index (χ0n) is 9.03. The lowest BCUT2D eigenvalue weighted by atomic mass is 10.1. The van der Waals surface area contributed by atoms with Crippen molar-refractivity contribution in [2.24, 2.45) is 0 Å². The first kappa shape index (κ1) is 13.2. The minimum absolute atomic E-state index is 0.109. The van der Waals surface area contributed by atoms with E-state index in [9.17, 15) is 9.59 Å². The molecule has 1 aromatic carbocycles. The summed E-state index contributed by atoms with van der Waals surface area (Å²) >= 11 is 2.18. The maximum absolute atomic E-state index is 11.5. The Morgan fingerprint density at radius 1 is 1.31 bits per heavy atom. The van der Waals surface area contributed by atoms with Crippen molar-refractivity contribution in [3.63, 3.8) is 0 Å². The molecule has 0 amide bonds. The van der Waals surface area contributed by atoms with Crippen molar-refractivity contribution in [1.29, 1.82) is 0 Å². The van der Waals surface area contributed by atoms with E-state index in [1.807, 2.05) is 24.3 Å². The third kappa shape index (κ3) is 4.30. The van der Waals surface area contributed by atoms with Crippen LogP contribution in [-0.4, -0.2) is 18.4 Å². The molecular weight excluding hydrogens is 319 g/mol. The molecule has 4 heteroatoms. The van der Waals surface area contributed by atoms with Gasteiger partial charge in [0.1, 0.15) is 12.2 Å². The van der Waals surface area contributed by atoms with Gasteiger partial charge in [0.05, 0.1) is 6.61 Å². The molecular formula is C12H13IO3. The molecule has 0 N–H and O–H groups in total. The molecule has 3 nitrogen and oxygen atoms in total. The van der Waals surface area contributed by atoms with Crippen molar-refractivity contribution in [3.8, 4) is 0 Å². The third-order valence-corrected chi connectivity index (χ3v) is 3.04. The van der Waals surface area contributed by atoms with Crippen molar-refractivity contribution in [3.05, 3.63) is 33.4 Å². The van der Waals surface area contributed by atoms with Crippen molar-refractivity contribution < 1.29 is 14.3 Å². The van der Waals surface area contributed by atoms with Gasteiger partial charge in [0.15, 0.2) is 0 Å². The second-order valence-electron chi connectivity index (χ2n) is 3.29. The molecule has 0 saturated heterocycles. The zero-order valence-corrected chi connectivity index (χ0v) is 11.2. The van der Waals surface area contributed by atoms with Gasteiger partial charge in [-0.3, -0.25) is 9.59 Å². The van der Waals surface area contributed by atoms with Crippen LogP contribution in [0, 0.1) is 3.57 Å². The molecule has 16 heavy (non-hydrogen) atoms. The number of esters is 1. The third-order valence-electron chi connectivity index (χ3n) is 1.99. The molecule has 0 atom stereocenters. The molecule has 1 aromatic rings. The van der Waals surface area contributed by atoms with Crippen LogP contribution in [0.15, 0.2) is 24.3 Å². The number of halogens is 1. The predicted molar refractivity (Wildman–Crippen MR) is 69.1 cm³/mol. The first-order valence-electron chi connectivity index (χ1n) is 5.04. The minimum atomic E-state index is -0.446. The first-order valence-corrected chi connectivity index (χ1v) is 6.12. The number of carbonyl (C=O) groups excluding carboxylic acids is 2. The van der Waals surface area contributed by atoms with Crippen LogP contribution >= 0.6 is 22.6 Å². The van der Waals surface area contributed by atoms with Crippen LogP contribution < -0.4 is 0 Å². The molecule has 0 saturated carbocycles. The highest BCUT2D eigenvalue weighted by Gasteiger charge is 2.12. The van der Waals surface area contributed by atoms with E-state index in [2.05, 4.69) is 22.6 Å². The number of benzene rings is 1. The average molecular weight is 332 g/mol. The van der Waals surface area contributed by atoms with Crippen LogP contribution in [-0.2, 0) is 20.7 Å². The lowest BCUT2D eigenvalue weighted by molar-refractivity contribution is -0.145. The fourth-order valence-corrected chi connectivity index (χ4v) is 1.87. The minimum Gasteiger partial charge on any atom is -0.466 e. The van der Waals surface area contributed by atoms with E-state index in [1.54, 1.807) is 6.92 Å². The second kappa shape index (κ2) is 6.62. The molecule has 0 aliphatic heterocycles. The number of hydrogen-bond acceptors (Lipinski definition) is 3. The predicted octanol–water partition coefficient (Wildman–Crippen LogP) is 2.36.